The van der Waals surface area contributed by atoms with Gasteiger partial charge in [-0.3, -0.25) is 14.6 Å². The molecule has 4 aromatic rings. The van der Waals surface area contributed by atoms with Crippen molar-refractivity contribution in [3.63, 3.8) is 0 Å². The number of ether oxygens (including phenoxy) is 2. The number of imidazole rings is 1. The van der Waals surface area contributed by atoms with Crippen LogP contribution in [0.4, 0.5) is 9.59 Å². The lowest BCUT2D eigenvalue weighted by Crippen LogP contribution is -2.52. The number of aromatic nitrogens is 2. The first-order chi connectivity index (χ1) is 31.1. The molecule has 5 atom stereocenters. The van der Waals surface area contributed by atoms with Crippen molar-refractivity contribution in [2.75, 3.05) is 39.3 Å². The van der Waals surface area contributed by atoms with E-state index in [9.17, 15) is 32.9 Å². The van der Waals surface area contributed by atoms with Crippen molar-refractivity contribution in [3.8, 4) is 28.5 Å². The van der Waals surface area contributed by atoms with E-state index >= 15 is 0 Å². The predicted molar refractivity (Wildman–Crippen MR) is 245 cm³/mol. The maximum Gasteiger partial charge on any atom is 0.407 e. The van der Waals surface area contributed by atoms with E-state index in [1.807, 2.05) is 37.1 Å². The van der Waals surface area contributed by atoms with Crippen LogP contribution in [0.25, 0.3) is 38.7 Å². The molecule has 0 radical (unpaired) electrons. The lowest BCUT2D eigenvalue weighted by atomic mass is 9.94. The highest BCUT2D eigenvalue weighted by Gasteiger charge is 2.55. The molecule has 0 bridgehead atoms. The monoisotopic (exact) mass is 902 g/mol. The summed E-state index contributed by atoms with van der Waals surface area (Å²) in [5.74, 6) is -0.752. The number of nitrogens with zero attached hydrogens (tertiary/aromatic N) is 5. The first-order valence-electron chi connectivity index (χ1n) is 21.9. The SMILES string of the molecule is COC(=O)N[C@@H](CCS(C)(=O)=O)C(=O)N1C[C@@H](C#N)C[C@H]1C1=NC=C(c2ccc(-c3ccc4cc(-c5cnc([C@@H]6CC7(CC7)CN6C(=O)[C@@H](NC(=O)OC)C(C)C)[nH]5)ccc4c3)cc2)C1. The average molecular weight is 903 g/mol. The molecule has 17 heteroatoms. The van der Waals surface area contributed by atoms with Gasteiger partial charge in [0.25, 0.3) is 0 Å². The number of allylic oxidation sites excluding steroid dienone is 1. The number of nitriles is 1. The standard InChI is InChI=1S/C48H54N8O8S/c1-28(2)42(54-47(60)64-4)45(58)56-27-48(15-16-48)22-41(56)43-51-25-39(52-43)35-13-12-33-19-32(10-11-34(33)20-35)30-6-8-31(9-7-30)36-21-38(50-24-36)40-18-29(23-49)26-55(40)44(57)37(53-46(59)63-3)14-17-65(5,61)62/h6-13,19-20,24-25,28-29,37,40-42H,14-18,21-22,26-27H2,1-5H3,(H,51,52)(H,53,59)(H,54,60)/t29-,37+,40+,41+,42+/m1/s1. The minimum absolute atomic E-state index is 0.0984. The van der Waals surface area contributed by atoms with Gasteiger partial charge in [-0.15, -0.1) is 0 Å². The van der Waals surface area contributed by atoms with Gasteiger partial charge in [0.2, 0.25) is 11.8 Å². The highest BCUT2D eigenvalue weighted by Crippen LogP contribution is 2.58. The number of carbonyl (C=O) groups excluding carboxylic acids is 4. The van der Waals surface area contributed by atoms with Crippen LogP contribution in [0.15, 0.2) is 78.1 Å². The van der Waals surface area contributed by atoms with Crippen molar-refractivity contribution < 1.29 is 37.1 Å². The van der Waals surface area contributed by atoms with Gasteiger partial charge >= 0.3 is 12.2 Å². The number of hydrogen-bond acceptors (Lipinski definition) is 11. The number of aliphatic imine (C=N–C) groups is 1. The predicted octanol–water partition coefficient (Wildman–Crippen LogP) is 6.42. The fourth-order valence-corrected chi connectivity index (χ4v) is 10.0. The topological polar surface area (TPSA) is 216 Å². The zero-order valence-corrected chi connectivity index (χ0v) is 38.0. The number of sulfone groups is 1. The van der Waals surface area contributed by atoms with Crippen molar-refractivity contribution >= 4 is 55.9 Å². The van der Waals surface area contributed by atoms with Gasteiger partial charge in [-0.1, -0.05) is 62.4 Å². The molecule has 3 aromatic carbocycles. The van der Waals surface area contributed by atoms with Gasteiger partial charge in [0, 0.05) is 43.2 Å². The first-order valence-corrected chi connectivity index (χ1v) is 24.0. The van der Waals surface area contributed by atoms with Gasteiger partial charge in [0.1, 0.15) is 27.7 Å². The highest BCUT2D eigenvalue weighted by atomic mass is 32.2. The van der Waals surface area contributed by atoms with E-state index in [4.69, 9.17) is 19.5 Å². The second-order valence-electron chi connectivity index (χ2n) is 18.2. The number of amides is 4. The van der Waals surface area contributed by atoms with Crippen molar-refractivity contribution in [1.29, 1.82) is 5.26 Å². The number of likely N-dealkylation sites (tertiary alicyclic amines) is 2. The molecule has 3 fully saturated rings. The van der Waals surface area contributed by atoms with Gasteiger partial charge in [0.15, 0.2) is 0 Å². The molecule has 8 rings (SSSR count). The molecule has 4 aliphatic rings. The van der Waals surface area contributed by atoms with Gasteiger partial charge in [-0.2, -0.15) is 5.26 Å². The van der Waals surface area contributed by atoms with Crippen molar-refractivity contribution in [2.24, 2.45) is 22.2 Å². The minimum Gasteiger partial charge on any atom is -0.453 e. The average Bonchev–Trinajstić information content (AvgIpc) is 3.80. The van der Waals surface area contributed by atoms with Crippen LogP contribution in [-0.4, -0.2) is 115 Å². The summed E-state index contributed by atoms with van der Waals surface area (Å²) in [4.78, 5) is 68.5. The maximum atomic E-state index is 13.9. The number of carbonyl (C=O) groups is 4. The molecule has 4 amide bonds. The Morgan fingerprint density at radius 2 is 1.54 bits per heavy atom. The van der Waals surface area contributed by atoms with E-state index in [0.717, 1.165) is 81.3 Å². The molecule has 1 spiro atoms. The second kappa shape index (κ2) is 18.1. The van der Waals surface area contributed by atoms with Gasteiger partial charge in [0.05, 0.1) is 55.9 Å². The molecule has 2 saturated heterocycles. The summed E-state index contributed by atoms with van der Waals surface area (Å²) in [5, 5.41) is 17.2. The lowest BCUT2D eigenvalue weighted by Gasteiger charge is -2.30. The summed E-state index contributed by atoms with van der Waals surface area (Å²) in [6.45, 7) is 4.60. The van der Waals surface area contributed by atoms with E-state index < -0.39 is 52.0 Å². The van der Waals surface area contributed by atoms with Crippen LogP contribution in [0.5, 0.6) is 0 Å². The van der Waals surface area contributed by atoms with Crippen molar-refractivity contribution in [2.45, 2.75) is 76.5 Å². The summed E-state index contributed by atoms with van der Waals surface area (Å²) in [7, 11) is -0.965. The number of alkyl carbamates (subject to hydrolysis) is 2. The number of nitrogens with one attached hydrogen (secondary N) is 3. The Balaban J connectivity index is 0.931. The molecule has 1 aliphatic carbocycles. The molecular formula is C48H54N8O8S. The number of methoxy groups -OCH3 is 2. The van der Waals surface area contributed by atoms with E-state index in [0.29, 0.717) is 19.4 Å². The van der Waals surface area contributed by atoms with Crippen LogP contribution in [0, 0.1) is 28.6 Å². The summed E-state index contributed by atoms with van der Waals surface area (Å²) in [5.41, 5.74) is 6.67. The van der Waals surface area contributed by atoms with Crippen LogP contribution in [0.3, 0.4) is 0 Å². The number of benzene rings is 3. The molecule has 0 unspecified atom stereocenters. The number of fused-ring (bicyclic) bond motifs is 1. The number of aromatic amines is 1. The van der Waals surface area contributed by atoms with Gasteiger partial charge in [-0.05, 0) is 88.6 Å². The molecule has 1 aromatic heterocycles. The lowest BCUT2D eigenvalue weighted by molar-refractivity contribution is -0.135. The molecule has 1 saturated carbocycles. The van der Waals surface area contributed by atoms with Crippen LogP contribution < -0.4 is 10.6 Å². The Hall–Kier alpha value is -6.54. The Bertz CT molecular complexity index is 2740. The summed E-state index contributed by atoms with van der Waals surface area (Å²) in [6, 6.07) is 20.5. The maximum absolute atomic E-state index is 13.9. The molecule has 16 nitrogen and oxygen atoms in total. The normalized spacial score (nSPS) is 20.8. The minimum atomic E-state index is -3.42. The first kappa shape index (κ1) is 45.0. The fraction of sp³-hybridized carbons (Fsp3) is 0.438. The van der Waals surface area contributed by atoms with Crippen LogP contribution in [-0.2, 0) is 28.9 Å². The smallest absolute Gasteiger partial charge is 0.407 e. The van der Waals surface area contributed by atoms with E-state index in [2.05, 4.69) is 70.2 Å². The molecule has 65 heavy (non-hydrogen) atoms. The third-order valence-corrected chi connectivity index (χ3v) is 14.2. The molecular weight excluding hydrogens is 849 g/mol. The van der Waals surface area contributed by atoms with E-state index in [1.165, 1.54) is 14.2 Å². The summed E-state index contributed by atoms with van der Waals surface area (Å²) in [6.07, 6.45) is 6.87. The number of rotatable bonds is 13. The van der Waals surface area contributed by atoms with Gasteiger partial charge < -0.3 is 34.9 Å². The number of H-pyrrole nitrogens is 1. The largest absolute Gasteiger partial charge is 0.453 e. The van der Waals surface area contributed by atoms with Crippen LogP contribution in [0.1, 0.15) is 69.8 Å². The molecule has 3 aliphatic heterocycles. The molecule has 340 valence electrons. The molecule has 3 N–H and O–H groups in total. The number of hydrogen-bond donors (Lipinski definition) is 3. The van der Waals surface area contributed by atoms with E-state index in [1.54, 1.807) is 11.1 Å². The third-order valence-electron chi connectivity index (χ3n) is 13.3. The highest BCUT2D eigenvalue weighted by molar-refractivity contribution is 7.90. The Kier molecular flexibility index (Phi) is 12.6. The van der Waals surface area contributed by atoms with Gasteiger partial charge in [-0.25, -0.2) is 23.0 Å². The zero-order chi connectivity index (χ0) is 46.2. The second-order valence-corrected chi connectivity index (χ2v) is 20.5. The van der Waals surface area contributed by atoms with E-state index in [-0.39, 0.29) is 42.0 Å². The third kappa shape index (κ3) is 9.78. The van der Waals surface area contributed by atoms with Crippen molar-refractivity contribution in [1.82, 2.24) is 30.4 Å². The quantitative estimate of drug-likeness (QED) is 0.134. The van der Waals surface area contributed by atoms with Crippen LogP contribution >= 0.6 is 0 Å². The Morgan fingerprint density at radius 3 is 2.18 bits per heavy atom. The summed E-state index contributed by atoms with van der Waals surface area (Å²) >= 11 is 0. The Labute approximate surface area is 378 Å². The molecule has 4 heterocycles. The zero-order valence-electron chi connectivity index (χ0n) is 37.2. The fourth-order valence-electron chi connectivity index (χ4n) is 9.38. The van der Waals surface area contributed by atoms with Crippen molar-refractivity contribution in [3.05, 3.63) is 84.4 Å². The van der Waals surface area contributed by atoms with Crippen LogP contribution in [0.2, 0.25) is 0 Å². The summed E-state index contributed by atoms with van der Waals surface area (Å²) < 4.78 is 33.4. The Morgan fingerprint density at radius 1 is 0.892 bits per heavy atom.